The van der Waals surface area contributed by atoms with Gasteiger partial charge in [0.1, 0.15) is 17.5 Å². The number of aromatic nitrogens is 2. The van der Waals surface area contributed by atoms with Crippen LogP contribution in [0.4, 0.5) is 4.39 Å². The summed E-state index contributed by atoms with van der Waals surface area (Å²) in [6.07, 6.45) is 6.15. The van der Waals surface area contributed by atoms with Gasteiger partial charge >= 0.3 is 5.97 Å². The molecule has 0 bridgehead atoms. The summed E-state index contributed by atoms with van der Waals surface area (Å²) in [5.74, 6) is -2.47. The number of nitrogens with two attached hydrogens (primary N) is 1. The lowest BCUT2D eigenvalue weighted by molar-refractivity contribution is -0.133. The molecule has 2 aromatic carbocycles. The van der Waals surface area contributed by atoms with Crippen LogP contribution >= 0.6 is 0 Å². The van der Waals surface area contributed by atoms with E-state index in [9.17, 15) is 19.6 Å². The van der Waals surface area contributed by atoms with Gasteiger partial charge in [-0.25, -0.2) is 9.18 Å². The third kappa shape index (κ3) is 3.71. The topological polar surface area (TPSA) is 121 Å². The van der Waals surface area contributed by atoms with Crippen LogP contribution in [0.25, 0.3) is 10.9 Å². The molecule has 178 valence electrons. The summed E-state index contributed by atoms with van der Waals surface area (Å²) >= 11 is 0. The highest BCUT2D eigenvalue weighted by Gasteiger charge is 2.51. The van der Waals surface area contributed by atoms with E-state index in [4.69, 9.17) is 10.7 Å². The van der Waals surface area contributed by atoms with Crippen LogP contribution in [0, 0.1) is 17.1 Å². The zero-order valence-corrected chi connectivity index (χ0v) is 19.2. The van der Waals surface area contributed by atoms with Crippen LogP contribution in [0.1, 0.15) is 35.4 Å². The minimum atomic E-state index is -1.23. The summed E-state index contributed by atoms with van der Waals surface area (Å²) in [6, 6.07) is 12.0. The van der Waals surface area contributed by atoms with E-state index in [1.807, 2.05) is 31.3 Å². The maximum Gasteiger partial charge on any atom is 0.332 e. The van der Waals surface area contributed by atoms with Gasteiger partial charge in [-0.3, -0.25) is 14.6 Å². The number of nitrogens with zero attached hydrogens (tertiary/aromatic N) is 5. The molecule has 8 nitrogen and oxygen atoms in total. The number of aliphatic carboxylic acids is 1. The number of halogens is 1. The number of benzene rings is 2. The Hall–Kier alpha value is -3.87. The number of piperidine rings is 1. The number of aryl methyl sites for hydroxylation is 1. The Labute approximate surface area is 201 Å². The molecule has 1 saturated heterocycles. The van der Waals surface area contributed by atoms with Gasteiger partial charge in [-0.05, 0) is 54.3 Å². The standard InChI is InChI=1S/C26H25FN6O2/c1-32-23-5-3-16(12-18(23)15-31-32)24-21(25(34)35)6-9-30-26(24,33-10-7-20(29)8-11-33)19-4-2-17(14-28)22(27)13-19/h2-6,9,12-13,15,20,24H,7-8,10-11,29H2,1H3,(H,34,35). The quantitative estimate of drug-likeness (QED) is 0.602. The zero-order chi connectivity index (χ0) is 24.7. The van der Waals surface area contributed by atoms with Gasteiger partial charge in [0.2, 0.25) is 0 Å². The van der Waals surface area contributed by atoms with E-state index in [2.05, 4.69) is 10.00 Å². The lowest BCUT2D eigenvalue weighted by Crippen LogP contribution is -2.55. The monoisotopic (exact) mass is 472 g/mol. The number of allylic oxidation sites excluding steroid dienone is 1. The van der Waals surface area contributed by atoms with Gasteiger partial charge in [0.05, 0.1) is 28.8 Å². The van der Waals surface area contributed by atoms with E-state index in [-0.39, 0.29) is 17.2 Å². The molecule has 0 aliphatic carbocycles. The predicted octanol–water partition coefficient (Wildman–Crippen LogP) is 3.04. The molecule has 2 unspecified atom stereocenters. The van der Waals surface area contributed by atoms with Crippen LogP contribution in [0.3, 0.4) is 0 Å². The Morgan fingerprint density at radius 1 is 1.26 bits per heavy atom. The lowest BCUT2D eigenvalue weighted by atomic mass is 9.73. The molecule has 0 amide bonds. The Kier molecular flexibility index (Phi) is 5.71. The van der Waals surface area contributed by atoms with E-state index in [1.54, 1.807) is 16.9 Å². The number of hydrogen-bond donors (Lipinski definition) is 2. The molecule has 3 aromatic rings. The van der Waals surface area contributed by atoms with Crippen molar-refractivity contribution in [2.75, 3.05) is 13.1 Å². The maximum absolute atomic E-state index is 14.9. The van der Waals surface area contributed by atoms with Crippen LogP contribution in [0.2, 0.25) is 0 Å². The number of carbonyl (C=O) groups is 1. The zero-order valence-electron chi connectivity index (χ0n) is 19.2. The van der Waals surface area contributed by atoms with Crippen molar-refractivity contribution in [3.8, 4) is 6.07 Å². The first-order valence-electron chi connectivity index (χ1n) is 11.5. The maximum atomic E-state index is 14.9. The van der Waals surface area contributed by atoms with Gasteiger partial charge in [-0.2, -0.15) is 10.4 Å². The molecule has 3 heterocycles. The highest BCUT2D eigenvalue weighted by molar-refractivity contribution is 5.96. The number of aliphatic imine (C=N–C) groups is 1. The van der Waals surface area contributed by atoms with Gasteiger partial charge in [0.15, 0.2) is 0 Å². The Bertz CT molecular complexity index is 1410. The van der Waals surface area contributed by atoms with E-state index < -0.39 is 23.4 Å². The number of likely N-dealkylation sites (tertiary alicyclic amines) is 1. The lowest BCUT2D eigenvalue weighted by Gasteiger charge is -2.50. The highest BCUT2D eigenvalue weighted by atomic mass is 19.1. The summed E-state index contributed by atoms with van der Waals surface area (Å²) in [6.45, 7) is 1.14. The Morgan fingerprint density at radius 2 is 2.03 bits per heavy atom. The first-order chi connectivity index (χ1) is 16.8. The molecule has 1 fully saturated rings. The third-order valence-electron chi connectivity index (χ3n) is 7.13. The summed E-state index contributed by atoms with van der Waals surface area (Å²) < 4.78 is 16.7. The Morgan fingerprint density at radius 3 is 2.71 bits per heavy atom. The van der Waals surface area contributed by atoms with Crippen LogP contribution in [0.5, 0.6) is 0 Å². The van der Waals surface area contributed by atoms with Crippen molar-refractivity contribution >= 4 is 23.1 Å². The minimum Gasteiger partial charge on any atom is -0.478 e. The number of nitriles is 1. The minimum absolute atomic E-state index is 0.0354. The van der Waals surface area contributed by atoms with Crippen molar-refractivity contribution in [2.24, 2.45) is 17.8 Å². The van der Waals surface area contributed by atoms with Crippen LogP contribution < -0.4 is 5.73 Å². The highest BCUT2D eigenvalue weighted by Crippen LogP contribution is 2.50. The van der Waals surface area contributed by atoms with Crippen molar-refractivity contribution in [3.05, 3.63) is 76.8 Å². The summed E-state index contributed by atoms with van der Waals surface area (Å²) in [7, 11) is 1.84. The van der Waals surface area contributed by atoms with Crippen molar-refractivity contribution in [1.82, 2.24) is 14.7 Å². The largest absolute Gasteiger partial charge is 0.478 e. The Balaban J connectivity index is 1.77. The van der Waals surface area contributed by atoms with E-state index in [1.165, 1.54) is 24.4 Å². The number of dihydropyridines is 1. The fourth-order valence-corrected chi connectivity index (χ4v) is 5.35. The van der Waals surface area contributed by atoms with Gasteiger partial charge in [-0.1, -0.05) is 12.1 Å². The molecule has 35 heavy (non-hydrogen) atoms. The van der Waals surface area contributed by atoms with Crippen molar-refractivity contribution < 1.29 is 14.3 Å². The molecule has 0 spiro atoms. The number of carboxylic acids is 1. The molecule has 1 aromatic heterocycles. The molecule has 2 aliphatic rings. The second-order valence-electron chi connectivity index (χ2n) is 9.08. The molecule has 2 aliphatic heterocycles. The fourth-order valence-electron chi connectivity index (χ4n) is 5.35. The van der Waals surface area contributed by atoms with Crippen molar-refractivity contribution in [1.29, 1.82) is 5.26 Å². The second-order valence-corrected chi connectivity index (χ2v) is 9.08. The average Bonchev–Trinajstić information content (AvgIpc) is 3.23. The van der Waals surface area contributed by atoms with Gasteiger partial charge in [-0.15, -0.1) is 0 Å². The number of rotatable bonds is 4. The number of fused-ring (bicyclic) bond motifs is 1. The van der Waals surface area contributed by atoms with Crippen LogP contribution in [-0.4, -0.2) is 51.1 Å². The summed E-state index contributed by atoms with van der Waals surface area (Å²) in [5, 5.41) is 24.7. The molecule has 3 N–H and O–H groups in total. The van der Waals surface area contributed by atoms with E-state index in [0.717, 1.165) is 16.5 Å². The fraction of sp³-hybridized carbons (Fsp3) is 0.308. The molecular formula is C26H25FN6O2. The summed E-state index contributed by atoms with van der Waals surface area (Å²) in [4.78, 5) is 19.5. The molecule has 5 rings (SSSR count). The summed E-state index contributed by atoms with van der Waals surface area (Å²) in [5.41, 5.74) is 7.16. The predicted molar refractivity (Wildman–Crippen MR) is 129 cm³/mol. The molecule has 9 heteroatoms. The molecule has 0 saturated carbocycles. The van der Waals surface area contributed by atoms with E-state index >= 15 is 0 Å². The number of carboxylic acid groups (broad SMARTS) is 1. The second kappa shape index (κ2) is 8.73. The average molecular weight is 473 g/mol. The third-order valence-corrected chi connectivity index (χ3v) is 7.13. The first kappa shape index (κ1) is 22.9. The molecular weight excluding hydrogens is 447 g/mol. The normalized spacial score (nSPS) is 23.3. The van der Waals surface area contributed by atoms with E-state index in [0.29, 0.717) is 31.5 Å². The first-order valence-corrected chi connectivity index (χ1v) is 11.5. The van der Waals surface area contributed by atoms with Crippen molar-refractivity contribution in [3.63, 3.8) is 0 Å². The molecule has 0 radical (unpaired) electrons. The molecule has 2 atom stereocenters. The van der Waals surface area contributed by atoms with Crippen LogP contribution in [0.15, 0.2) is 59.2 Å². The van der Waals surface area contributed by atoms with Crippen LogP contribution in [-0.2, 0) is 17.5 Å². The van der Waals surface area contributed by atoms with Gasteiger partial charge in [0.25, 0.3) is 0 Å². The number of hydrogen-bond acceptors (Lipinski definition) is 6. The SMILES string of the molecule is Cn1ncc2cc(C3C(C(=O)O)=CC=NC3(c3ccc(C#N)c(F)c3)N3CCC(N)CC3)ccc21. The van der Waals surface area contributed by atoms with Gasteiger partial charge in [0, 0.05) is 37.8 Å². The smallest absolute Gasteiger partial charge is 0.332 e. The van der Waals surface area contributed by atoms with Gasteiger partial charge < -0.3 is 10.8 Å². The van der Waals surface area contributed by atoms with Crippen molar-refractivity contribution in [2.45, 2.75) is 30.5 Å².